The van der Waals surface area contributed by atoms with Gasteiger partial charge in [-0.2, -0.15) is 0 Å². The third kappa shape index (κ3) is 3.22. The molecule has 0 bridgehead atoms. The molecule has 0 aliphatic carbocycles. The van der Waals surface area contributed by atoms with Gasteiger partial charge < -0.3 is 19.8 Å². The molecular formula is C15H24N2O3. The van der Waals surface area contributed by atoms with Gasteiger partial charge in [0.2, 0.25) is 5.91 Å². The fourth-order valence-electron chi connectivity index (χ4n) is 2.75. The molecule has 3 atom stereocenters. The van der Waals surface area contributed by atoms with Crippen LogP contribution < -0.4 is 10.6 Å². The van der Waals surface area contributed by atoms with Crippen LogP contribution in [0.1, 0.15) is 37.0 Å². The van der Waals surface area contributed by atoms with E-state index in [1.807, 2.05) is 33.8 Å². The van der Waals surface area contributed by atoms with E-state index in [0.29, 0.717) is 13.2 Å². The Balaban J connectivity index is 1.98. The normalized spacial score (nSPS) is 23.8. The van der Waals surface area contributed by atoms with E-state index in [4.69, 9.17) is 9.15 Å². The van der Waals surface area contributed by atoms with Crippen molar-refractivity contribution in [2.24, 2.45) is 5.92 Å². The standard InChI is InChI=1S/C15H24N2O3/c1-5-16-14-8-19-7-13(14)15(18)17-10(3)12-6-9(2)20-11(12)4/h6,10,13-14,16H,5,7-8H2,1-4H3,(H,17,18). The molecule has 5 nitrogen and oxygen atoms in total. The van der Waals surface area contributed by atoms with Crippen LogP contribution in [0.3, 0.4) is 0 Å². The Kier molecular flexibility index (Phi) is 4.83. The number of rotatable bonds is 5. The Labute approximate surface area is 120 Å². The second-order valence-corrected chi connectivity index (χ2v) is 5.41. The summed E-state index contributed by atoms with van der Waals surface area (Å²) in [6.45, 7) is 9.78. The van der Waals surface area contributed by atoms with Crippen molar-refractivity contribution in [1.82, 2.24) is 10.6 Å². The minimum atomic E-state index is -0.120. The molecule has 1 fully saturated rings. The summed E-state index contributed by atoms with van der Waals surface area (Å²) in [5.74, 6) is 1.65. The first-order valence-corrected chi connectivity index (χ1v) is 7.21. The summed E-state index contributed by atoms with van der Waals surface area (Å²) in [5, 5.41) is 6.36. The molecule has 1 aromatic rings. The van der Waals surface area contributed by atoms with Gasteiger partial charge in [0.15, 0.2) is 0 Å². The van der Waals surface area contributed by atoms with Crippen molar-refractivity contribution in [2.75, 3.05) is 19.8 Å². The summed E-state index contributed by atoms with van der Waals surface area (Å²) in [5.41, 5.74) is 1.04. The lowest BCUT2D eigenvalue weighted by atomic mass is 10.0. The van der Waals surface area contributed by atoms with Crippen LogP contribution in [-0.2, 0) is 9.53 Å². The zero-order valence-corrected chi connectivity index (χ0v) is 12.7. The summed E-state index contributed by atoms with van der Waals surface area (Å²) in [4.78, 5) is 12.4. The minimum absolute atomic E-state index is 0.0409. The highest BCUT2D eigenvalue weighted by Gasteiger charge is 2.34. The summed E-state index contributed by atoms with van der Waals surface area (Å²) >= 11 is 0. The maximum absolute atomic E-state index is 12.4. The van der Waals surface area contributed by atoms with Crippen LogP contribution in [0, 0.1) is 19.8 Å². The highest BCUT2D eigenvalue weighted by Crippen LogP contribution is 2.22. The molecule has 0 aromatic carbocycles. The highest BCUT2D eigenvalue weighted by atomic mass is 16.5. The lowest BCUT2D eigenvalue weighted by Gasteiger charge is -2.20. The van der Waals surface area contributed by atoms with Crippen LogP contribution in [0.15, 0.2) is 10.5 Å². The van der Waals surface area contributed by atoms with E-state index in [0.717, 1.165) is 23.6 Å². The van der Waals surface area contributed by atoms with Gasteiger partial charge in [-0.15, -0.1) is 0 Å². The number of aryl methyl sites for hydroxylation is 2. The summed E-state index contributed by atoms with van der Waals surface area (Å²) in [7, 11) is 0. The number of carbonyl (C=O) groups excluding carboxylic acids is 1. The van der Waals surface area contributed by atoms with E-state index in [9.17, 15) is 4.79 Å². The molecule has 2 N–H and O–H groups in total. The predicted molar refractivity (Wildman–Crippen MR) is 76.5 cm³/mol. The monoisotopic (exact) mass is 280 g/mol. The number of nitrogens with one attached hydrogen (secondary N) is 2. The van der Waals surface area contributed by atoms with Crippen molar-refractivity contribution >= 4 is 5.91 Å². The lowest BCUT2D eigenvalue weighted by molar-refractivity contribution is -0.126. The van der Waals surface area contributed by atoms with Crippen LogP contribution in [-0.4, -0.2) is 31.7 Å². The van der Waals surface area contributed by atoms with Crippen LogP contribution in [0.25, 0.3) is 0 Å². The van der Waals surface area contributed by atoms with E-state index >= 15 is 0 Å². The largest absolute Gasteiger partial charge is 0.466 e. The van der Waals surface area contributed by atoms with Gasteiger partial charge in [0.05, 0.1) is 25.2 Å². The molecule has 1 aliphatic heterocycles. The topological polar surface area (TPSA) is 63.5 Å². The minimum Gasteiger partial charge on any atom is -0.466 e. The molecule has 5 heteroatoms. The molecule has 0 radical (unpaired) electrons. The van der Waals surface area contributed by atoms with Crippen molar-refractivity contribution in [2.45, 2.75) is 39.8 Å². The predicted octanol–water partition coefficient (Wildman–Crippen LogP) is 1.70. The van der Waals surface area contributed by atoms with Crippen molar-refractivity contribution in [3.63, 3.8) is 0 Å². The number of carbonyl (C=O) groups is 1. The van der Waals surface area contributed by atoms with Crippen LogP contribution in [0.4, 0.5) is 0 Å². The van der Waals surface area contributed by atoms with E-state index in [-0.39, 0.29) is 23.9 Å². The molecule has 3 unspecified atom stereocenters. The lowest BCUT2D eigenvalue weighted by Crippen LogP contribution is -2.44. The van der Waals surface area contributed by atoms with Crippen LogP contribution in [0.5, 0.6) is 0 Å². The SMILES string of the molecule is CCNC1COCC1C(=O)NC(C)c1cc(C)oc1C. The van der Waals surface area contributed by atoms with Crippen LogP contribution in [0.2, 0.25) is 0 Å². The van der Waals surface area contributed by atoms with Gasteiger partial charge >= 0.3 is 0 Å². The van der Waals surface area contributed by atoms with E-state index in [2.05, 4.69) is 10.6 Å². The second-order valence-electron chi connectivity index (χ2n) is 5.41. The Morgan fingerprint density at radius 1 is 1.45 bits per heavy atom. The number of furan rings is 1. The molecule has 1 aromatic heterocycles. The van der Waals surface area contributed by atoms with Crippen molar-refractivity contribution in [3.8, 4) is 0 Å². The molecule has 2 rings (SSSR count). The average Bonchev–Trinajstić information content (AvgIpc) is 2.96. The maximum atomic E-state index is 12.4. The van der Waals surface area contributed by atoms with Gasteiger partial charge in [0, 0.05) is 11.6 Å². The summed E-state index contributed by atoms with van der Waals surface area (Å²) in [6.07, 6.45) is 0. The fraction of sp³-hybridized carbons (Fsp3) is 0.667. The molecule has 1 saturated heterocycles. The Morgan fingerprint density at radius 3 is 2.80 bits per heavy atom. The molecule has 112 valence electrons. The van der Waals surface area contributed by atoms with Gasteiger partial charge in [-0.1, -0.05) is 6.92 Å². The summed E-state index contributed by atoms with van der Waals surface area (Å²) < 4.78 is 10.9. The first-order chi connectivity index (χ1) is 9.52. The molecule has 0 spiro atoms. The fourth-order valence-corrected chi connectivity index (χ4v) is 2.75. The van der Waals surface area contributed by atoms with E-state index in [1.54, 1.807) is 0 Å². The number of amides is 1. The third-order valence-electron chi connectivity index (χ3n) is 3.79. The van der Waals surface area contributed by atoms with Crippen molar-refractivity contribution in [1.29, 1.82) is 0 Å². The van der Waals surface area contributed by atoms with Gasteiger partial charge in [-0.05, 0) is 33.4 Å². The second kappa shape index (κ2) is 6.41. The maximum Gasteiger partial charge on any atom is 0.227 e. The Morgan fingerprint density at radius 2 is 2.20 bits per heavy atom. The van der Waals surface area contributed by atoms with Gasteiger partial charge in [-0.3, -0.25) is 4.79 Å². The molecule has 1 aliphatic rings. The first-order valence-electron chi connectivity index (χ1n) is 7.21. The first kappa shape index (κ1) is 15.1. The number of hydrogen-bond acceptors (Lipinski definition) is 4. The van der Waals surface area contributed by atoms with Gasteiger partial charge in [0.1, 0.15) is 11.5 Å². The highest BCUT2D eigenvalue weighted by molar-refractivity contribution is 5.80. The Bertz CT molecular complexity index is 470. The van der Waals surface area contributed by atoms with Crippen LogP contribution >= 0.6 is 0 Å². The van der Waals surface area contributed by atoms with E-state index < -0.39 is 0 Å². The molecule has 0 saturated carbocycles. The van der Waals surface area contributed by atoms with E-state index in [1.165, 1.54) is 0 Å². The average molecular weight is 280 g/mol. The number of ether oxygens (including phenoxy) is 1. The molecule has 20 heavy (non-hydrogen) atoms. The zero-order valence-electron chi connectivity index (χ0n) is 12.7. The number of likely N-dealkylation sites (N-methyl/N-ethyl adjacent to an activating group) is 1. The quantitative estimate of drug-likeness (QED) is 0.861. The molecule has 2 heterocycles. The number of hydrogen-bond donors (Lipinski definition) is 2. The van der Waals surface area contributed by atoms with Crippen molar-refractivity contribution in [3.05, 3.63) is 23.2 Å². The van der Waals surface area contributed by atoms with Crippen molar-refractivity contribution < 1.29 is 13.9 Å². The van der Waals surface area contributed by atoms with Gasteiger partial charge in [-0.25, -0.2) is 0 Å². The molecular weight excluding hydrogens is 256 g/mol. The van der Waals surface area contributed by atoms with Gasteiger partial charge in [0.25, 0.3) is 0 Å². The molecule has 1 amide bonds. The zero-order chi connectivity index (χ0) is 14.7. The smallest absolute Gasteiger partial charge is 0.227 e. The summed E-state index contributed by atoms with van der Waals surface area (Å²) in [6, 6.07) is 2.04. The third-order valence-corrected chi connectivity index (χ3v) is 3.79. The Hall–Kier alpha value is -1.33.